The van der Waals surface area contributed by atoms with Gasteiger partial charge in [0, 0.05) is 5.56 Å². The zero-order chi connectivity index (χ0) is 19.3. The number of aryl methyl sites for hydroxylation is 2. The number of esters is 1. The van der Waals surface area contributed by atoms with Crippen molar-refractivity contribution in [2.24, 2.45) is 0 Å². The van der Waals surface area contributed by atoms with Crippen molar-refractivity contribution in [3.8, 4) is 5.75 Å². The summed E-state index contributed by atoms with van der Waals surface area (Å²) in [5.41, 5.74) is 3.16. The molecule has 28 heavy (non-hydrogen) atoms. The maximum absolute atomic E-state index is 12.3. The van der Waals surface area contributed by atoms with E-state index >= 15 is 0 Å². The van der Waals surface area contributed by atoms with Crippen LogP contribution in [0.5, 0.6) is 5.75 Å². The second kappa shape index (κ2) is 8.26. The summed E-state index contributed by atoms with van der Waals surface area (Å²) in [5.74, 6) is -0.149. The molecule has 1 aliphatic rings. The molecule has 0 heterocycles. The first-order valence-electron chi connectivity index (χ1n) is 9.61. The molecule has 3 aromatic carbocycles. The van der Waals surface area contributed by atoms with Gasteiger partial charge in [0.15, 0.2) is 19.0 Å². The number of Topliss-reactive ketones (excluding diaryl/α,β-unsaturated/α-hetero) is 1. The van der Waals surface area contributed by atoms with Crippen LogP contribution in [-0.2, 0) is 22.4 Å². The van der Waals surface area contributed by atoms with Crippen molar-refractivity contribution in [2.75, 3.05) is 13.2 Å². The van der Waals surface area contributed by atoms with Crippen LogP contribution >= 0.6 is 0 Å². The molecule has 0 saturated heterocycles. The molecule has 4 rings (SSSR count). The van der Waals surface area contributed by atoms with Gasteiger partial charge < -0.3 is 9.47 Å². The van der Waals surface area contributed by atoms with Gasteiger partial charge in [-0.2, -0.15) is 0 Å². The van der Waals surface area contributed by atoms with Gasteiger partial charge in [-0.1, -0.05) is 42.5 Å². The third-order valence-corrected chi connectivity index (χ3v) is 5.11. The lowest BCUT2D eigenvalue weighted by Gasteiger charge is -2.16. The van der Waals surface area contributed by atoms with Crippen LogP contribution in [0.1, 0.15) is 34.3 Å². The van der Waals surface area contributed by atoms with E-state index in [2.05, 4.69) is 0 Å². The average molecular weight is 374 g/mol. The summed E-state index contributed by atoms with van der Waals surface area (Å²) in [5, 5.41) is 2.14. The largest absolute Gasteiger partial charge is 0.482 e. The van der Waals surface area contributed by atoms with Gasteiger partial charge in [0.1, 0.15) is 5.75 Å². The minimum Gasteiger partial charge on any atom is -0.482 e. The molecule has 0 fully saturated rings. The average Bonchev–Trinajstić information content (AvgIpc) is 2.75. The molecule has 0 amide bonds. The number of benzene rings is 3. The zero-order valence-electron chi connectivity index (χ0n) is 15.6. The molecule has 0 spiro atoms. The zero-order valence-corrected chi connectivity index (χ0v) is 15.6. The molecule has 142 valence electrons. The molecule has 0 atom stereocenters. The topological polar surface area (TPSA) is 52.6 Å². The van der Waals surface area contributed by atoms with E-state index in [1.165, 1.54) is 17.5 Å². The Morgan fingerprint density at radius 3 is 2.43 bits per heavy atom. The number of rotatable bonds is 6. The summed E-state index contributed by atoms with van der Waals surface area (Å²) < 4.78 is 10.6. The van der Waals surface area contributed by atoms with Crippen LogP contribution < -0.4 is 4.74 Å². The Hall–Kier alpha value is -3.14. The van der Waals surface area contributed by atoms with Crippen LogP contribution in [0.4, 0.5) is 0 Å². The van der Waals surface area contributed by atoms with E-state index < -0.39 is 5.97 Å². The van der Waals surface area contributed by atoms with E-state index in [1.807, 2.05) is 60.7 Å². The third kappa shape index (κ3) is 4.22. The fourth-order valence-corrected chi connectivity index (χ4v) is 3.58. The molecule has 4 heteroatoms. The van der Waals surface area contributed by atoms with E-state index in [-0.39, 0.29) is 19.0 Å². The Balaban J connectivity index is 1.29. The lowest BCUT2D eigenvalue weighted by Crippen LogP contribution is -2.19. The molecule has 0 saturated carbocycles. The number of ether oxygens (including phenoxy) is 2. The van der Waals surface area contributed by atoms with Gasteiger partial charge in [0.2, 0.25) is 0 Å². The van der Waals surface area contributed by atoms with E-state index in [1.54, 1.807) is 0 Å². The fourth-order valence-electron chi connectivity index (χ4n) is 3.58. The molecule has 3 aromatic rings. The van der Waals surface area contributed by atoms with Gasteiger partial charge in [-0.3, -0.25) is 4.79 Å². The molecule has 4 nitrogen and oxygen atoms in total. The summed E-state index contributed by atoms with van der Waals surface area (Å²) in [6, 6.07) is 19.3. The number of hydrogen-bond acceptors (Lipinski definition) is 4. The monoisotopic (exact) mass is 374 g/mol. The lowest BCUT2D eigenvalue weighted by atomic mass is 9.90. The van der Waals surface area contributed by atoms with Gasteiger partial charge in [0.25, 0.3) is 0 Å². The molecule has 0 N–H and O–H groups in total. The second-order valence-electron chi connectivity index (χ2n) is 7.07. The lowest BCUT2D eigenvalue weighted by molar-refractivity contribution is -0.144. The number of ketones is 1. The van der Waals surface area contributed by atoms with Crippen molar-refractivity contribution in [1.82, 2.24) is 0 Å². The van der Waals surface area contributed by atoms with Crippen molar-refractivity contribution in [1.29, 1.82) is 0 Å². The van der Waals surface area contributed by atoms with E-state index in [4.69, 9.17) is 9.47 Å². The van der Waals surface area contributed by atoms with Crippen LogP contribution in [0.25, 0.3) is 10.8 Å². The molecular weight excluding hydrogens is 352 g/mol. The minimum atomic E-state index is -0.556. The van der Waals surface area contributed by atoms with Gasteiger partial charge in [0.05, 0.1) is 0 Å². The van der Waals surface area contributed by atoms with Crippen LogP contribution in [0, 0.1) is 0 Å². The standard InChI is InChI=1S/C24H22O4/c25-23(21-10-9-17-5-1-3-7-19(17)13-21)15-28-24(26)16-27-22-12-11-18-6-2-4-8-20(18)14-22/h2,4,6,8-14H,1,3,5,7,15-16H2. The molecule has 1 aliphatic carbocycles. The Bertz CT molecular complexity index is 1020. The van der Waals surface area contributed by atoms with Crippen molar-refractivity contribution >= 4 is 22.5 Å². The second-order valence-corrected chi connectivity index (χ2v) is 7.07. The van der Waals surface area contributed by atoms with E-state index in [9.17, 15) is 9.59 Å². The first-order valence-corrected chi connectivity index (χ1v) is 9.61. The highest BCUT2D eigenvalue weighted by Crippen LogP contribution is 2.23. The fraction of sp³-hybridized carbons (Fsp3) is 0.250. The highest BCUT2D eigenvalue weighted by molar-refractivity contribution is 5.98. The first-order chi connectivity index (χ1) is 13.7. The molecule has 0 bridgehead atoms. The maximum atomic E-state index is 12.3. The Morgan fingerprint density at radius 2 is 1.57 bits per heavy atom. The summed E-state index contributed by atoms with van der Waals surface area (Å²) in [4.78, 5) is 24.3. The normalized spacial score (nSPS) is 13.0. The van der Waals surface area contributed by atoms with Crippen molar-refractivity contribution in [3.63, 3.8) is 0 Å². The van der Waals surface area contributed by atoms with Crippen molar-refractivity contribution < 1.29 is 19.1 Å². The van der Waals surface area contributed by atoms with Gasteiger partial charge in [-0.05, 0) is 65.8 Å². The SMILES string of the molecule is O=C(COc1ccc2ccccc2c1)OCC(=O)c1ccc2c(c1)CCCC2. The summed E-state index contributed by atoms with van der Waals surface area (Å²) in [6.45, 7) is -0.492. The molecule has 0 aliphatic heterocycles. The molecule has 0 unspecified atom stereocenters. The number of carbonyl (C=O) groups is 2. The first kappa shape index (κ1) is 18.2. The summed E-state index contributed by atoms with van der Waals surface area (Å²) >= 11 is 0. The van der Waals surface area contributed by atoms with Crippen LogP contribution in [0.2, 0.25) is 0 Å². The number of carbonyl (C=O) groups excluding carboxylic acids is 2. The van der Waals surface area contributed by atoms with E-state index in [0.29, 0.717) is 11.3 Å². The number of hydrogen-bond donors (Lipinski definition) is 0. The predicted octanol–water partition coefficient (Wildman–Crippen LogP) is 4.52. The van der Waals surface area contributed by atoms with Gasteiger partial charge >= 0.3 is 5.97 Å². The molecule has 0 aromatic heterocycles. The van der Waals surface area contributed by atoms with Crippen molar-refractivity contribution in [3.05, 3.63) is 77.4 Å². The number of fused-ring (bicyclic) bond motifs is 2. The van der Waals surface area contributed by atoms with Crippen LogP contribution in [-0.4, -0.2) is 25.0 Å². The van der Waals surface area contributed by atoms with Gasteiger partial charge in [-0.25, -0.2) is 4.79 Å². The quantitative estimate of drug-likeness (QED) is 0.470. The predicted molar refractivity (Wildman–Crippen MR) is 108 cm³/mol. The highest BCUT2D eigenvalue weighted by atomic mass is 16.6. The minimum absolute atomic E-state index is 0.188. The molecular formula is C24H22O4. The van der Waals surface area contributed by atoms with E-state index in [0.717, 1.165) is 30.0 Å². The molecule has 0 radical (unpaired) electrons. The third-order valence-electron chi connectivity index (χ3n) is 5.11. The highest BCUT2D eigenvalue weighted by Gasteiger charge is 2.15. The van der Waals surface area contributed by atoms with Gasteiger partial charge in [-0.15, -0.1) is 0 Å². The van der Waals surface area contributed by atoms with Crippen molar-refractivity contribution in [2.45, 2.75) is 25.7 Å². The smallest absolute Gasteiger partial charge is 0.344 e. The van der Waals surface area contributed by atoms with Crippen LogP contribution in [0.15, 0.2) is 60.7 Å². The summed E-state index contributed by atoms with van der Waals surface area (Å²) in [7, 11) is 0. The maximum Gasteiger partial charge on any atom is 0.344 e. The Morgan fingerprint density at radius 1 is 0.786 bits per heavy atom. The Kier molecular flexibility index (Phi) is 5.38. The summed E-state index contributed by atoms with van der Waals surface area (Å²) in [6.07, 6.45) is 4.45. The Labute approximate surface area is 164 Å². The van der Waals surface area contributed by atoms with Crippen LogP contribution in [0.3, 0.4) is 0 Å².